The van der Waals surface area contributed by atoms with Crippen molar-refractivity contribution in [3.8, 4) is 5.75 Å². The van der Waals surface area contributed by atoms with E-state index in [9.17, 15) is 9.90 Å². The summed E-state index contributed by atoms with van der Waals surface area (Å²) in [5, 5.41) is 10.2. The van der Waals surface area contributed by atoms with Crippen molar-refractivity contribution in [3.05, 3.63) is 53.0 Å². The van der Waals surface area contributed by atoms with Crippen molar-refractivity contribution in [2.45, 2.75) is 46.2 Å². The zero-order chi connectivity index (χ0) is 16.5. The molecule has 0 aliphatic rings. The topological polar surface area (TPSA) is 45.5 Å². The molecular formula is C18H28N2O2. The molecule has 1 rings (SSSR count). The minimum atomic E-state index is -0.309. The van der Waals surface area contributed by atoms with Crippen LogP contribution in [0.5, 0.6) is 5.75 Å². The second-order valence-electron chi connectivity index (χ2n) is 5.58. The highest BCUT2D eigenvalue weighted by atomic mass is 16.3. The van der Waals surface area contributed by atoms with Gasteiger partial charge in [0.2, 0.25) is 5.43 Å². The Bertz CT molecular complexity index is 551. The van der Waals surface area contributed by atoms with Gasteiger partial charge < -0.3 is 9.67 Å². The van der Waals surface area contributed by atoms with Crippen LogP contribution < -0.4 is 5.43 Å². The number of aryl methyl sites for hydroxylation is 1. The fourth-order valence-corrected chi connectivity index (χ4v) is 2.59. The molecule has 122 valence electrons. The van der Waals surface area contributed by atoms with Gasteiger partial charge >= 0.3 is 0 Å². The zero-order valence-corrected chi connectivity index (χ0v) is 13.8. The van der Waals surface area contributed by atoms with Gasteiger partial charge in [-0.1, -0.05) is 31.9 Å². The third-order valence-electron chi connectivity index (χ3n) is 3.73. The van der Waals surface area contributed by atoms with Crippen molar-refractivity contribution >= 4 is 0 Å². The fourth-order valence-electron chi connectivity index (χ4n) is 2.59. The molecule has 4 heteroatoms. The summed E-state index contributed by atoms with van der Waals surface area (Å²) < 4.78 is 2.06. The van der Waals surface area contributed by atoms with Crippen molar-refractivity contribution in [2.24, 2.45) is 0 Å². The molecule has 1 heterocycles. The Morgan fingerprint density at radius 1 is 1.27 bits per heavy atom. The van der Waals surface area contributed by atoms with Crippen LogP contribution in [0.2, 0.25) is 0 Å². The van der Waals surface area contributed by atoms with Gasteiger partial charge in [-0.3, -0.25) is 9.69 Å². The Kier molecular flexibility index (Phi) is 7.67. The predicted molar refractivity (Wildman–Crippen MR) is 92.3 cm³/mol. The van der Waals surface area contributed by atoms with E-state index < -0.39 is 0 Å². The Morgan fingerprint density at radius 2 is 1.91 bits per heavy atom. The van der Waals surface area contributed by atoms with E-state index in [0.717, 1.165) is 31.5 Å². The van der Waals surface area contributed by atoms with Gasteiger partial charge in [-0.2, -0.15) is 0 Å². The number of hydrogen-bond acceptors (Lipinski definition) is 3. The van der Waals surface area contributed by atoms with Crippen LogP contribution in [0.4, 0.5) is 0 Å². The number of unbranched alkanes of at least 4 members (excludes halogenated alkanes) is 2. The van der Waals surface area contributed by atoms with E-state index in [1.54, 1.807) is 0 Å². The summed E-state index contributed by atoms with van der Waals surface area (Å²) in [5.41, 5.74) is 1.27. The van der Waals surface area contributed by atoms with Crippen molar-refractivity contribution in [3.63, 3.8) is 0 Å². The fraction of sp³-hybridized carbons (Fsp3) is 0.500. The molecule has 0 amide bonds. The van der Waals surface area contributed by atoms with Gasteiger partial charge in [-0.05, 0) is 13.3 Å². The van der Waals surface area contributed by atoms with Gasteiger partial charge in [0.1, 0.15) is 0 Å². The third kappa shape index (κ3) is 4.88. The molecule has 1 aromatic rings. The van der Waals surface area contributed by atoms with Gasteiger partial charge in [-0.15, -0.1) is 13.2 Å². The molecule has 0 unspecified atom stereocenters. The second kappa shape index (κ2) is 9.26. The molecule has 1 N–H and O–H groups in total. The van der Waals surface area contributed by atoms with Gasteiger partial charge in [0, 0.05) is 37.9 Å². The number of aromatic hydroxyl groups is 1. The van der Waals surface area contributed by atoms with E-state index in [0.29, 0.717) is 25.3 Å². The molecule has 0 aromatic carbocycles. The lowest BCUT2D eigenvalue weighted by molar-refractivity contribution is 0.305. The summed E-state index contributed by atoms with van der Waals surface area (Å²) in [6.07, 6.45) is 6.94. The van der Waals surface area contributed by atoms with E-state index in [4.69, 9.17) is 0 Å². The maximum Gasteiger partial charge on any atom is 0.223 e. The summed E-state index contributed by atoms with van der Waals surface area (Å²) in [5.74, 6) is -0.139. The average molecular weight is 304 g/mol. The van der Waals surface area contributed by atoms with Gasteiger partial charge in [-0.25, -0.2) is 0 Å². The first-order valence-corrected chi connectivity index (χ1v) is 7.91. The Balaban J connectivity index is 3.14. The van der Waals surface area contributed by atoms with E-state index in [1.807, 2.05) is 19.1 Å². The van der Waals surface area contributed by atoms with Crippen LogP contribution in [-0.4, -0.2) is 27.7 Å². The highest BCUT2D eigenvalue weighted by Crippen LogP contribution is 2.18. The minimum absolute atomic E-state index is 0.139. The summed E-state index contributed by atoms with van der Waals surface area (Å²) in [6, 6.07) is 1.51. The summed E-state index contributed by atoms with van der Waals surface area (Å²) in [4.78, 5) is 14.0. The van der Waals surface area contributed by atoms with Crippen molar-refractivity contribution in [1.82, 2.24) is 9.47 Å². The maximum atomic E-state index is 11.9. The van der Waals surface area contributed by atoms with Crippen LogP contribution in [0.3, 0.4) is 0 Å². The monoisotopic (exact) mass is 304 g/mol. The number of rotatable bonds is 10. The molecule has 0 aliphatic carbocycles. The maximum absolute atomic E-state index is 11.9. The number of aromatic nitrogens is 1. The molecule has 0 aliphatic heterocycles. The molecule has 22 heavy (non-hydrogen) atoms. The lowest BCUT2D eigenvalue weighted by Gasteiger charge is -2.24. The SMILES string of the molecule is C=CCN(CC=C)Cc1c(O)c(=O)cc(C)n1CCCCC. The first kappa shape index (κ1) is 18.2. The molecule has 0 radical (unpaired) electrons. The highest BCUT2D eigenvalue weighted by Gasteiger charge is 2.15. The van der Waals surface area contributed by atoms with Crippen LogP contribution in [-0.2, 0) is 13.1 Å². The summed E-state index contributed by atoms with van der Waals surface area (Å²) >= 11 is 0. The van der Waals surface area contributed by atoms with E-state index in [2.05, 4.69) is 29.5 Å². The van der Waals surface area contributed by atoms with Crippen LogP contribution in [0.15, 0.2) is 36.2 Å². The molecule has 0 saturated carbocycles. The summed E-state index contributed by atoms with van der Waals surface area (Å²) in [6.45, 7) is 14.3. The standard InChI is InChI=1S/C18H28N2O2/c1-5-8-9-12-20-15(4)13-17(21)18(22)16(20)14-19(10-6-2)11-7-3/h6-7,13,22H,2-3,5,8-12,14H2,1,4H3. The van der Waals surface area contributed by atoms with Crippen LogP contribution in [0.1, 0.15) is 37.6 Å². The van der Waals surface area contributed by atoms with Gasteiger partial charge in [0.15, 0.2) is 5.75 Å². The molecule has 0 fully saturated rings. The van der Waals surface area contributed by atoms with Crippen molar-refractivity contribution in [1.29, 1.82) is 0 Å². The molecule has 0 bridgehead atoms. The van der Waals surface area contributed by atoms with E-state index >= 15 is 0 Å². The Labute approximate surface area is 133 Å². The minimum Gasteiger partial charge on any atom is -0.503 e. The highest BCUT2D eigenvalue weighted by molar-refractivity contribution is 5.30. The molecule has 4 nitrogen and oxygen atoms in total. The second-order valence-corrected chi connectivity index (χ2v) is 5.58. The Morgan fingerprint density at radius 3 is 2.45 bits per heavy atom. The molecule has 0 spiro atoms. The quantitative estimate of drug-likeness (QED) is 0.533. The van der Waals surface area contributed by atoms with Crippen LogP contribution in [0, 0.1) is 6.92 Å². The lowest BCUT2D eigenvalue weighted by Crippen LogP contribution is -2.27. The normalized spacial score (nSPS) is 10.9. The number of nitrogens with zero attached hydrogens (tertiary/aromatic N) is 2. The first-order valence-electron chi connectivity index (χ1n) is 7.91. The predicted octanol–water partition coefficient (Wildman–Crippen LogP) is 3.23. The van der Waals surface area contributed by atoms with E-state index in [-0.39, 0.29) is 11.2 Å². The lowest BCUT2D eigenvalue weighted by atomic mass is 10.2. The Hall–Kier alpha value is -1.81. The third-order valence-corrected chi connectivity index (χ3v) is 3.73. The van der Waals surface area contributed by atoms with E-state index in [1.165, 1.54) is 6.07 Å². The average Bonchev–Trinajstić information content (AvgIpc) is 2.48. The largest absolute Gasteiger partial charge is 0.503 e. The van der Waals surface area contributed by atoms with Gasteiger partial charge in [0.25, 0.3) is 0 Å². The van der Waals surface area contributed by atoms with Crippen molar-refractivity contribution < 1.29 is 5.11 Å². The molecular weight excluding hydrogens is 276 g/mol. The van der Waals surface area contributed by atoms with Gasteiger partial charge in [0.05, 0.1) is 5.69 Å². The van der Waals surface area contributed by atoms with Crippen LogP contribution in [0.25, 0.3) is 0 Å². The number of hydrogen-bond donors (Lipinski definition) is 1. The smallest absolute Gasteiger partial charge is 0.223 e. The number of pyridine rings is 1. The zero-order valence-electron chi connectivity index (χ0n) is 13.8. The van der Waals surface area contributed by atoms with Crippen LogP contribution >= 0.6 is 0 Å². The van der Waals surface area contributed by atoms with Crippen molar-refractivity contribution in [2.75, 3.05) is 13.1 Å². The first-order chi connectivity index (χ1) is 10.5. The summed E-state index contributed by atoms with van der Waals surface area (Å²) in [7, 11) is 0. The molecule has 0 atom stereocenters. The molecule has 1 aromatic heterocycles. The molecule has 0 saturated heterocycles.